The maximum Gasteiger partial charge on any atom is 0.230 e. The van der Waals surface area contributed by atoms with E-state index in [9.17, 15) is 4.79 Å². The van der Waals surface area contributed by atoms with Crippen molar-refractivity contribution in [3.63, 3.8) is 0 Å². The molecule has 0 aliphatic rings. The Morgan fingerprint density at radius 3 is 2.46 bits per heavy atom. The van der Waals surface area contributed by atoms with E-state index in [4.69, 9.17) is 4.74 Å². The Kier molecular flexibility index (Phi) is 7.69. The van der Waals surface area contributed by atoms with E-state index in [1.54, 1.807) is 18.9 Å². The molecule has 1 N–H and O–H groups in total. The van der Waals surface area contributed by atoms with Crippen LogP contribution >= 0.6 is 11.8 Å². The minimum Gasteiger partial charge on any atom is -0.497 e. The number of hydrogen-bond acceptors (Lipinski definition) is 3. The number of hydrogen-bond donors (Lipinski definition) is 1. The lowest BCUT2D eigenvalue weighted by atomic mass is 10.1. The van der Waals surface area contributed by atoms with E-state index in [-0.39, 0.29) is 11.9 Å². The smallest absolute Gasteiger partial charge is 0.230 e. The molecule has 0 aliphatic carbocycles. The molecule has 0 spiro atoms. The average molecular weight is 343 g/mol. The van der Waals surface area contributed by atoms with Crippen molar-refractivity contribution < 1.29 is 9.53 Å². The lowest BCUT2D eigenvalue weighted by molar-refractivity contribution is -0.119. The molecule has 0 radical (unpaired) electrons. The van der Waals surface area contributed by atoms with Gasteiger partial charge in [0.1, 0.15) is 5.75 Å². The topological polar surface area (TPSA) is 38.3 Å². The van der Waals surface area contributed by atoms with Gasteiger partial charge in [-0.1, -0.05) is 42.5 Å². The van der Waals surface area contributed by atoms with Gasteiger partial charge in [-0.05, 0) is 43.0 Å². The number of carbonyl (C=O) groups excluding carboxylic acids is 1. The molecule has 4 heteroatoms. The zero-order valence-electron chi connectivity index (χ0n) is 14.3. The number of amides is 1. The van der Waals surface area contributed by atoms with Crippen molar-refractivity contribution in [3.05, 3.63) is 65.7 Å². The Hall–Kier alpha value is -1.94. The second-order valence-corrected chi connectivity index (χ2v) is 6.82. The summed E-state index contributed by atoms with van der Waals surface area (Å²) < 4.78 is 5.14. The number of methoxy groups -OCH3 is 1. The minimum atomic E-state index is 0.106. The lowest BCUT2D eigenvalue weighted by Gasteiger charge is -2.14. The van der Waals surface area contributed by atoms with E-state index in [1.165, 1.54) is 11.1 Å². The van der Waals surface area contributed by atoms with E-state index >= 15 is 0 Å². The Morgan fingerprint density at radius 1 is 1.08 bits per heavy atom. The highest BCUT2D eigenvalue weighted by Crippen LogP contribution is 2.16. The number of nitrogens with one attached hydrogen (secondary N) is 1. The standard InChI is InChI=1S/C20H25NO2S/c1-16(8-9-17-6-4-3-5-7-17)21-20(22)15-24-14-18-10-12-19(23-2)13-11-18/h3-7,10-13,16H,8-9,14-15H2,1-2H3,(H,21,22)/t16-/m0/s1. The second kappa shape index (κ2) is 10.0. The molecule has 2 rings (SSSR count). The monoisotopic (exact) mass is 343 g/mol. The molecule has 128 valence electrons. The maximum atomic E-state index is 12.0. The Morgan fingerprint density at radius 2 is 1.79 bits per heavy atom. The van der Waals surface area contributed by atoms with Crippen molar-refractivity contribution in [3.8, 4) is 5.75 Å². The lowest BCUT2D eigenvalue weighted by Crippen LogP contribution is -2.34. The molecule has 0 aromatic heterocycles. The minimum absolute atomic E-state index is 0.106. The fourth-order valence-electron chi connectivity index (χ4n) is 2.40. The number of aryl methyl sites for hydroxylation is 1. The van der Waals surface area contributed by atoms with Crippen molar-refractivity contribution >= 4 is 17.7 Å². The van der Waals surface area contributed by atoms with Crippen LogP contribution in [0, 0.1) is 0 Å². The van der Waals surface area contributed by atoms with Crippen LogP contribution in [0.25, 0.3) is 0 Å². The van der Waals surface area contributed by atoms with Crippen LogP contribution in [0.5, 0.6) is 5.75 Å². The van der Waals surface area contributed by atoms with Crippen molar-refractivity contribution in [2.45, 2.75) is 31.6 Å². The first-order chi connectivity index (χ1) is 11.7. The van der Waals surface area contributed by atoms with Gasteiger partial charge in [-0.15, -0.1) is 11.8 Å². The molecule has 0 unspecified atom stereocenters. The predicted molar refractivity (Wildman–Crippen MR) is 102 cm³/mol. The van der Waals surface area contributed by atoms with Gasteiger partial charge < -0.3 is 10.1 Å². The number of carbonyl (C=O) groups is 1. The first-order valence-electron chi connectivity index (χ1n) is 8.21. The van der Waals surface area contributed by atoms with Crippen LogP contribution in [0.15, 0.2) is 54.6 Å². The van der Waals surface area contributed by atoms with Crippen LogP contribution in [0.2, 0.25) is 0 Å². The summed E-state index contributed by atoms with van der Waals surface area (Å²) in [6.45, 7) is 2.06. The molecular formula is C20H25NO2S. The zero-order valence-corrected chi connectivity index (χ0v) is 15.1. The van der Waals surface area contributed by atoms with Crippen LogP contribution in [0.1, 0.15) is 24.5 Å². The van der Waals surface area contributed by atoms with Crippen LogP contribution in [0.4, 0.5) is 0 Å². The number of ether oxygens (including phenoxy) is 1. The molecule has 0 fully saturated rings. The molecule has 0 aliphatic heterocycles. The third-order valence-electron chi connectivity index (χ3n) is 3.78. The highest BCUT2D eigenvalue weighted by molar-refractivity contribution is 7.99. The molecule has 2 aromatic carbocycles. The molecule has 1 atom stereocenters. The van der Waals surface area contributed by atoms with Crippen molar-refractivity contribution in [1.82, 2.24) is 5.32 Å². The largest absolute Gasteiger partial charge is 0.497 e. The second-order valence-electron chi connectivity index (χ2n) is 5.83. The third-order valence-corrected chi connectivity index (χ3v) is 4.78. The van der Waals surface area contributed by atoms with Gasteiger partial charge in [0.15, 0.2) is 0 Å². The van der Waals surface area contributed by atoms with Gasteiger partial charge in [-0.3, -0.25) is 4.79 Å². The van der Waals surface area contributed by atoms with Crippen molar-refractivity contribution in [2.75, 3.05) is 12.9 Å². The van der Waals surface area contributed by atoms with Gasteiger partial charge in [-0.2, -0.15) is 0 Å². The van der Waals surface area contributed by atoms with E-state index < -0.39 is 0 Å². The summed E-state index contributed by atoms with van der Waals surface area (Å²) in [7, 11) is 1.66. The normalized spacial score (nSPS) is 11.8. The van der Waals surface area contributed by atoms with E-state index in [0.717, 1.165) is 24.3 Å². The molecule has 2 aromatic rings. The molecule has 0 heterocycles. The third kappa shape index (κ3) is 6.67. The molecule has 3 nitrogen and oxygen atoms in total. The molecular weight excluding hydrogens is 318 g/mol. The molecule has 0 bridgehead atoms. The Bertz CT molecular complexity index is 613. The summed E-state index contributed by atoms with van der Waals surface area (Å²) in [6.07, 6.45) is 1.94. The zero-order chi connectivity index (χ0) is 17.2. The number of thioether (sulfide) groups is 1. The van der Waals surface area contributed by atoms with Gasteiger partial charge in [0.2, 0.25) is 5.91 Å². The van der Waals surface area contributed by atoms with Crippen LogP contribution < -0.4 is 10.1 Å². The summed E-state index contributed by atoms with van der Waals surface area (Å²) in [4.78, 5) is 12.0. The first kappa shape index (κ1) is 18.4. The van der Waals surface area contributed by atoms with Gasteiger partial charge >= 0.3 is 0 Å². The Balaban J connectivity index is 1.63. The Labute approximate surface area is 148 Å². The van der Waals surface area contributed by atoms with Crippen LogP contribution in [0.3, 0.4) is 0 Å². The van der Waals surface area contributed by atoms with E-state index in [2.05, 4.69) is 24.4 Å². The van der Waals surface area contributed by atoms with Crippen molar-refractivity contribution in [2.24, 2.45) is 0 Å². The summed E-state index contributed by atoms with van der Waals surface area (Å²) >= 11 is 1.63. The van der Waals surface area contributed by atoms with Crippen molar-refractivity contribution in [1.29, 1.82) is 0 Å². The van der Waals surface area contributed by atoms with Gasteiger partial charge in [-0.25, -0.2) is 0 Å². The number of benzene rings is 2. The summed E-state index contributed by atoms with van der Waals surface area (Å²) in [5.74, 6) is 2.28. The average Bonchev–Trinajstić information content (AvgIpc) is 2.61. The molecule has 24 heavy (non-hydrogen) atoms. The van der Waals surface area contributed by atoms with Crippen LogP contribution in [-0.2, 0) is 17.0 Å². The summed E-state index contributed by atoms with van der Waals surface area (Å²) in [5.41, 5.74) is 2.51. The number of rotatable bonds is 9. The SMILES string of the molecule is COc1ccc(CSCC(=O)N[C@@H](C)CCc2ccccc2)cc1. The molecule has 0 saturated heterocycles. The summed E-state index contributed by atoms with van der Waals surface area (Å²) in [6, 6.07) is 18.5. The fourth-order valence-corrected chi connectivity index (χ4v) is 3.20. The predicted octanol–water partition coefficient (Wildman–Crippen LogP) is 4.07. The highest BCUT2D eigenvalue weighted by atomic mass is 32.2. The highest BCUT2D eigenvalue weighted by Gasteiger charge is 2.08. The van der Waals surface area contributed by atoms with Crippen LogP contribution in [-0.4, -0.2) is 24.8 Å². The van der Waals surface area contributed by atoms with Gasteiger partial charge in [0.05, 0.1) is 12.9 Å². The summed E-state index contributed by atoms with van der Waals surface area (Å²) in [5, 5.41) is 3.07. The van der Waals surface area contributed by atoms with E-state index in [0.29, 0.717) is 5.75 Å². The first-order valence-corrected chi connectivity index (χ1v) is 9.37. The molecule has 1 amide bonds. The fraction of sp³-hybridized carbons (Fsp3) is 0.350. The maximum absolute atomic E-state index is 12.0. The molecule has 0 saturated carbocycles. The van der Waals surface area contributed by atoms with Gasteiger partial charge in [0.25, 0.3) is 0 Å². The quantitative estimate of drug-likeness (QED) is 0.746. The van der Waals surface area contributed by atoms with E-state index in [1.807, 2.05) is 42.5 Å². The van der Waals surface area contributed by atoms with Gasteiger partial charge in [0, 0.05) is 11.8 Å².